The highest BCUT2D eigenvalue weighted by molar-refractivity contribution is 8.19. The van der Waals surface area contributed by atoms with E-state index in [1.165, 1.54) is 0 Å². The molecule has 1 aliphatic heterocycles. The molecule has 1 aromatic rings. The molecule has 0 bridgehead atoms. The van der Waals surface area contributed by atoms with Gasteiger partial charge in [-0.25, -0.2) is 0 Å². The van der Waals surface area contributed by atoms with Gasteiger partial charge in [-0.05, 0) is 29.3 Å². The number of hydrogen-bond acceptors (Lipinski definition) is 4. The molecule has 1 aliphatic rings. The van der Waals surface area contributed by atoms with Crippen LogP contribution in [0.15, 0.2) is 22.4 Å². The van der Waals surface area contributed by atoms with Gasteiger partial charge in [-0.15, -0.1) is 11.3 Å². The summed E-state index contributed by atoms with van der Waals surface area (Å²) in [5.41, 5.74) is 0. The van der Waals surface area contributed by atoms with Gasteiger partial charge in [0, 0.05) is 4.88 Å². The fourth-order valence-electron chi connectivity index (χ4n) is 0.924. The largest absolute Gasteiger partial charge is 0.307 e. The van der Waals surface area contributed by atoms with Crippen molar-refractivity contribution in [3.05, 3.63) is 27.3 Å². The Bertz CT molecular complexity index is 380. The molecule has 2 nitrogen and oxygen atoms in total. The smallest absolute Gasteiger partial charge is 0.289 e. The number of carbonyl (C=O) groups is 1. The van der Waals surface area contributed by atoms with E-state index >= 15 is 0 Å². The molecule has 66 valence electrons. The molecule has 1 N–H and O–H groups in total. The van der Waals surface area contributed by atoms with Crippen LogP contribution in [0.3, 0.4) is 0 Å². The second-order valence-corrected chi connectivity index (χ2v) is 4.77. The van der Waals surface area contributed by atoms with E-state index in [4.69, 9.17) is 12.2 Å². The molecular weight excluding hydrogens is 222 g/mol. The van der Waals surface area contributed by atoms with E-state index in [0.29, 0.717) is 4.99 Å². The average molecular weight is 227 g/mol. The van der Waals surface area contributed by atoms with Crippen LogP contribution in [0.1, 0.15) is 4.88 Å². The van der Waals surface area contributed by atoms with E-state index in [2.05, 4.69) is 5.32 Å². The van der Waals surface area contributed by atoms with Crippen molar-refractivity contribution in [2.24, 2.45) is 0 Å². The molecule has 0 unspecified atom stereocenters. The van der Waals surface area contributed by atoms with Crippen molar-refractivity contribution in [1.29, 1.82) is 0 Å². The molecule has 2 rings (SSSR count). The Labute approximate surface area is 89.0 Å². The maximum Gasteiger partial charge on any atom is 0.289 e. The first-order valence-electron chi connectivity index (χ1n) is 3.54. The Balaban J connectivity index is 2.27. The van der Waals surface area contributed by atoms with Crippen LogP contribution in [0.25, 0.3) is 6.08 Å². The Hall–Kier alpha value is -0.650. The topological polar surface area (TPSA) is 29.1 Å². The van der Waals surface area contributed by atoms with Gasteiger partial charge in [-0.2, -0.15) is 0 Å². The van der Waals surface area contributed by atoms with Gasteiger partial charge in [0.25, 0.3) is 5.24 Å². The number of nitrogens with one attached hydrogen (secondary N) is 1. The zero-order chi connectivity index (χ0) is 9.26. The van der Waals surface area contributed by atoms with Crippen molar-refractivity contribution in [2.75, 3.05) is 0 Å². The molecule has 1 aromatic heterocycles. The Morgan fingerprint density at radius 1 is 1.54 bits per heavy atom. The van der Waals surface area contributed by atoms with E-state index in [-0.39, 0.29) is 5.24 Å². The van der Waals surface area contributed by atoms with Crippen LogP contribution in [0.5, 0.6) is 0 Å². The molecule has 13 heavy (non-hydrogen) atoms. The van der Waals surface area contributed by atoms with E-state index in [1.54, 1.807) is 11.3 Å². The van der Waals surface area contributed by atoms with E-state index in [0.717, 1.165) is 21.5 Å². The highest BCUT2D eigenvalue weighted by Gasteiger charge is 2.21. The summed E-state index contributed by atoms with van der Waals surface area (Å²) in [6, 6.07) is 3.96. The first kappa shape index (κ1) is 8.93. The molecule has 0 aliphatic carbocycles. The zero-order valence-corrected chi connectivity index (χ0v) is 8.89. The van der Waals surface area contributed by atoms with Crippen LogP contribution in [-0.4, -0.2) is 10.2 Å². The maximum absolute atomic E-state index is 10.9. The third-order valence-electron chi connectivity index (χ3n) is 1.46. The molecule has 0 spiro atoms. The minimum atomic E-state index is -0.0900. The summed E-state index contributed by atoms with van der Waals surface area (Å²) in [7, 11) is 0. The van der Waals surface area contributed by atoms with Crippen molar-refractivity contribution in [3.8, 4) is 0 Å². The Morgan fingerprint density at radius 3 is 2.92 bits per heavy atom. The first-order chi connectivity index (χ1) is 6.25. The third kappa shape index (κ3) is 1.99. The summed E-state index contributed by atoms with van der Waals surface area (Å²) < 4.78 is 0. The molecule has 0 aromatic carbocycles. The first-order valence-corrected chi connectivity index (χ1v) is 5.64. The molecule has 1 amide bonds. The average Bonchev–Trinajstić information content (AvgIpc) is 2.63. The van der Waals surface area contributed by atoms with Crippen molar-refractivity contribution in [2.45, 2.75) is 0 Å². The van der Waals surface area contributed by atoms with Crippen LogP contribution in [0, 0.1) is 0 Å². The number of thioether (sulfide) groups is 1. The van der Waals surface area contributed by atoms with Gasteiger partial charge in [0.15, 0.2) is 0 Å². The number of thiocarbonyl (C=S) groups is 1. The number of thiophene rings is 1. The maximum atomic E-state index is 10.9. The Kier molecular flexibility index (Phi) is 2.48. The zero-order valence-electron chi connectivity index (χ0n) is 6.44. The van der Waals surface area contributed by atoms with Gasteiger partial charge in [0.05, 0.1) is 4.91 Å². The minimum Gasteiger partial charge on any atom is -0.307 e. The third-order valence-corrected chi connectivity index (χ3v) is 3.56. The second-order valence-electron chi connectivity index (χ2n) is 2.37. The standard InChI is InChI=1S/C8H5NOS3/c10-8-9-7(11)6(13-8)4-5-2-1-3-12-5/h1-4H,(H,9,10,11)/b6-4-. The highest BCUT2D eigenvalue weighted by Crippen LogP contribution is 2.27. The number of rotatable bonds is 1. The predicted octanol–water partition coefficient (Wildman–Crippen LogP) is 2.87. The summed E-state index contributed by atoms with van der Waals surface area (Å²) in [5.74, 6) is 0. The van der Waals surface area contributed by atoms with Gasteiger partial charge in [0.2, 0.25) is 0 Å². The lowest BCUT2D eigenvalue weighted by Crippen LogP contribution is -2.15. The molecule has 2 heterocycles. The quantitative estimate of drug-likeness (QED) is 0.591. The minimum absolute atomic E-state index is 0.0900. The van der Waals surface area contributed by atoms with Gasteiger partial charge >= 0.3 is 0 Å². The lowest BCUT2D eigenvalue weighted by atomic mass is 10.4. The fraction of sp³-hybridized carbons (Fsp3) is 0. The lowest BCUT2D eigenvalue weighted by molar-refractivity contribution is 0.265. The van der Waals surface area contributed by atoms with E-state index in [1.807, 2.05) is 23.6 Å². The van der Waals surface area contributed by atoms with Crippen molar-refractivity contribution in [1.82, 2.24) is 5.32 Å². The van der Waals surface area contributed by atoms with E-state index < -0.39 is 0 Å². The monoisotopic (exact) mass is 227 g/mol. The normalized spacial score (nSPS) is 19.5. The number of hydrogen-bond donors (Lipinski definition) is 1. The van der Waals surface area contributed by atoms with Crippen LogP contribution >= 0.6 is 35.3 Å². The van der Waals surface area contributed by atoms with Crippen molar-refractivity contribution >= 4 is 51.6 Å². The lowest BCUT2D eigenvalue weighted by Gasteiger charge is -1.90. The SMILES string of the molecule is O=C1NC(=S)/C(=C/c2cccs2)S1. The number of carbonyl (C=O) groups excluding carboxylic acids is 1. The van der Waals surface area contributed by atoms with Gasteiger partial charge in [0.1, 0.15) is 4.99 Å². The second kappa shape index (κ2) is 3.61. The van der Waals surface area contributed by atoms with Gasteiger partial charge in [-0.3, -0.25) is 4.79 Å². The Morgan fingerprint density at radius 2 is 2.38 bits per heavy atom. The molecular formula is C8H5NOS3. The number of amides is 1. The van der Waals surface area contributed by atoms with Crippen LogP contribution in [0.2, 0.25) is 0 Å². The predicted molar refractivity (Wildman–Crippen MR) is 61.0 cm³/mol. The summed E-state index contributed by atoms with van der Waals surface area (Å²) in [5, 5.41) is 4.47. The van der Waals surface area contributed by atoms with Gasteiger partial charge < -0.3 is 5.32 Å². The summed E-state index contributed by atoms with van der Waals surface area (Å²) >= 11 is 7.75. The van der Waals surface area contributed by atoms with Crippen molar-refractivity contribution in [3.63, 3.8) is 0 Å². The molecule has 1 fully saturated rings. The van der Waals surface area contributed by atoms with Crippen LogP contribution < -0.4 is 5.32 Å². The van der Waals surface area contributed by atoms with Crippen LogP contribution in [0.4, 0.5) is 4.79 Å². The van der Waals surface area contributed by atoms with Crippen molar-refractivity contribution < 1.29 is 4.79 Å². The molecule has 1 saturated heterocycles. The summed E-state index contributed by atoms with van der Waals surface area (Å²) in [6.45, 7) is 0. The summed E-state index contributed by atoms with van der Waals surface area (Å²) in [4.78, 5) is 13.4. The molecule has 0 atom stereocenters. The van der Waals surface area contributed by atoms with Gasteiger partial charge in [-0.1, -0.05) is 18.3 Å². The highest BCUT2D eigenvalue weighted by atomic mass is 32.2. The van der Waals surface area contributed by atoms with Crippen LogP contribution in [-0.2, 0) is 0 Å². The fourth-order valence-corrected chi connectivity index (χ4v) is 2.68. The summed E-state index contributed by atoms with van der Waals surface area (Å²) in [6.07, 6.45) is 1.93. The molecule has 0 radical (unpaired) electrons. The van der Waals surface area contributed by atoms with E-state index in [9.17, 15) is 4.79 Å². The molecule has 0 saturated carbocycles. The molecule has 5 heteroatoms.